The van der Waals surface area contributed by atoms with Crippen LogP contribution in [-0.2, 0) is 6.18 Å². The Morgan fingerprint density at radius 2 is 1.79 bits per heavy atom. The lowest BCUT2D eigenvalue weighted by molar-refractivity contribution is -0.136. The Morgan fingerprint density at radius 3 is 2.53 bits per heavy atom. The number of urea groups is 1. The Labute approximate surface area is 198 Å². The second-order valence-electron chi connectivity index (χ2n) is 8.02. The number of amides is 3. The molecule has 0 aliphatic carbocycles. The van der Waals surface area contributed by atoms with E-state index in [1.807, 2.05) is 19.1 Å². The SMILES string of the molecule is Cc1ccc(NC(=O)c2nnc([C@H]3CCCN(C(=O)Nc4ccccc4C(F)(F)F)C3)s2)cc1. The van der Waals surface area contributed by atoms with Gasteiger partial charge in [0.2, 0.25) is 5.01 Å². The summed E-state index contributed by atoms with van der Waals surface area (Å²) in [5.74, 6) is -0.530. The van der Waals surface area contributed by atoms with Gasteiger partial charge in [-0.1, -0.05) is 41.2 Å². The van der Waals surface area contributed by atoms with E-state index in [0.29, 0.717) is 23.7 Å². The van der Waals surface area contributed by atoms with Gasteiger partial charge in [0.1, 0.15) is 5.01 Å². The van der Waals surface area contributed by atoms with Gasteiger partial charge >= 0.3 is 12.2 Å². The molecule has 0 saturated carbocycles. The van der Waals surface area contributed by atoms with Crippen LogP contribution in [-0.4, -0.2) is 40.1 Å². The van der Waals surface area contributed by atoms with Gasteiger partial charge in [0.15, 0.2) is 0 Å². The number of halogens is 3. The number of para-hydroxylation sites is 1. The van der Waals surface area contributed by atoms with Crippen molar-refractivity contribution in [3.63, 3.8) is 0 Å². The lowest BCUT2D eigenvalue weighted by atomic mass is 9.99. The molecule has 7 nitrogen and oxygen atoms in total. The van der Waals surface area contributed by atoms with Gasteiger partial charge in [-0.2, -0.15) is 13.2 Å². The minimum absolute atomic E-state index is 0.157. The molecule has 34 heavy (non-hydrogen) atoms. The van der Waals surface area contributed by atoms with Gasteiger partial charge in [-0.05, 0) is 44.0 Å². The van der Waals surface area contributed by atoms with Gasteiger partial charge in [-0.3, -0.25) is 4.79 Å². The number of nitrogens with one attached hydrogen (secondary N) is 2. The van der Waals surface area contributed by atoms with Crippen LogP contribution in [0.2, 0.25) is 0 Å². The highest BCUT2D eigenvalue weighted by Gasteiger charge is 2.34. The molecule has 3 amide bonds. The predicted molar refractivity (Wildman–Crippen MR) is 123 cm³/mol. The van der Waals surface area contributed by atoms with E-state index < -0.39 is 17.8 Å². The first kappa shape index (κ1) is 23.7. The summed E-state index contributed by atoms with van der Waals surface area (Å²) >= 11 is 1.15. The summed E-state index contributed by atoms with van der Waals surface area (Å²) in [4.78, 5) is 26.7. The molecular weight excluding hydrogens is 467 g/mol. The average molecular weight is 490 g/mol. The van der Waals surface area contributed by atoms with Gasteiger partial charge in [0.25, 0.3) is 5.91 Å². The van der Waals surface area contributed by atoms with Crippen molar-refractivity contribution < 1.29 is 22.8 Å². The van der Waals surface area contributed by atoms with Crippen LogP contribution in [0.3, 0.4) is 0 Å². The number of nitrogens with zero attached hydrogens (tertiary/aromatic N) is 3. The standard InChI is InChI=1S/C23H22F3N5O2S/c1-14-8-10-16(11-9-14)27-19(32)21-30-29-20(34-21)15-5-4-12-31(13-15)22(33)28-18-7-3-2-6-17(18)23(24,25)26/h2-3,6-11,15H,4-5,12-13H2,1H3,(H,27,32)(H,28,33)/t15-/m0/s1. The Hall–Kier alpha value is -3.47. The van der Waals surface area contributed by atoms with Crippen LogP contribution in [0.1, 0.15) is 44.7 Å². The molecule has 1 aliphatic heterocycles. The Kier molecular flexibility index (Phi) is 6.82. The largest absolute Gasteiger partial charge is 0.418 e. The third-order valence-electron chi connectivity index (χ3n) is 5.48. The predicted octanol–water partition coefficient (Wildman–Crippen LogP) is 5.53. The number of benzene rings is 2. The number of aryl methyl sites for hydroxylation is 1. The van der Waals surface area contributed by atoms with E-state index >= 15 is 0 Å². The molecule has 0 radical (unpaired) electrons. The number of hydrogen-bond acceptors (Lipinski definition) is 5. The highest BCUT2D eigenvalue weighted by Crippen LogP contribution is 2.35. The Bertz CT molecular complexity index is 1180. The number of aromatic nitrogens is 2. The van der Waals surface area contributed by atoms with Gasteiger partial charge in [0, 0.05) is 24.7 Å². The van der Waals surface area contributed by atoms with E-state index in [1.165, 1.54) is 23.1 Å². The molecule has 2 heterocycles. The molecule has 0 spiro atoms. The maximum Gasteiger partial charge on any atom is 0.418 e. The maximum absolute atomic E-state index is 13.2. The first-order valence-corrected chi connectivity index (χ1v) is 11.5. The van der Waals surface area contributed by atoms with Crippen molar-refractivity contribution in [1.82, 2.24) is 15.1 Å². The quantitative estimate of drug-likeness (QED) is 0.505. The molecule has 2 N–H and O–H groups in total. The summed E-state index contributed by atoms with van der Waals surface area (Å²) in [6.45, 7) is 2.63. The second kappa shape index (κ2) is 9.80. The van der Waals surface area contributed by atoms with Crippen LogP contribution in [0.5, 0.6) is 0 Å². The van der Waals surface area contributed by atoms with Crippen LogP contribution in [0.4, 0.5) is 29.3 Å². The Balaban J connectivity index is 1.41. The van der Waals surface area contributed by atoms with Crippen molar-refractivity contribution in [2.45, 2.75) is 31.9 Å². The number of carbonyl (C=O) groups is 2. The van der Waals surface area contributed by atoms with Crippen LogP contribution >= 0.6 is 11.3 Å². The number of hydrogen-bond donors (Lipinski definition) is 2. The smallest absolute Gasteiger partial charge is 0.324 e. The van der Waals surface area contributed by atoms with E-state index in [0.717, 1.165) is 29.4 Å². The van der Waals surface area contributed by atoms with Crippen molar-refractivity contribution in [1.29, 1.82) is 0 Å². The Morgan fingerprint density at radius 1 is 1.06 bits per heavy atom. The zero-order valence-electron chi connectivity index (χ0n) is 18.2. The van der Waals surface area contributed by atoms with Crippen molar-refractivity contribution in [3.05, 3.63) is 69.7 Å². The minimum atomic E-state index is -4.57. The summed E-state index contributed by atoms with van der Waals surface area (Å²) in [6.07, 6.45) is -3.18. The van der Waals surface area contributed by atoms with E-state index in [4.69, 9.17) is 0 Å². The normalized spacial score (nSPS) is 16.2. The molecule has 1 aromatic heterocycles. The zero-order valence-corrected chi connectivity index (χ0v) is 19.0. The lowest BCUT2D eigenvalue weighted by Gasteiger charge is -2.31. The van der Waals surface area contributed by atoms with Gasteiger partial charge in [0.05, 0.1) is 11.3 Å². The first-order valence-electron chi connectivity index (χ1n) is 10.6. The molecule has 1 fully saturated rings. The van der Waals surface area contributed by atoms with Gasteiger partial charge < -0.3 is 15.5 Å². The lowest BCUT2D eigenvalue weighted by Crippen LogP contribution is -2.41. The first-order chi connectivity index (χ1) is 16.2. The summed E-state index contributed by atoms with van der Waals surface area (Å²) in [5.41, 5.74) is 0.536. The summed E-state index contributed by atoms with van der Waals surface area (Å²) in [5, 5.41) is 14.1. The van der Waals surface area contributed by atoms with Crippen LogP contribution in [0, 0.1) is 6.92 Å². The van der Waals surface area contributed by atoms with Crippen molar-refractivity contribution in [2.75, 3.05) is 23.7 Å². The number of anilines is 2. The fraction of sp³-hybridized carbons (Fsp3) is 0.304. The number of alkyl halides is 3. The fourth-order valence-corrected chi connectivity index (χ4v) is 4.57. The van der Waals surface area contributed by atoms with E-state index in [9.17, 15) is 22.8 Å². The minimum Gasteiger partial charge on any atom is -0.324 e. The molecule has 1 saturated heterocycles. The van der Waals surface area contributed by atoms with Crippen LogP contribution in [0.25, 0.3) is 0 Å². The topological polar surface area (TPSA) is 87.2 Å². The number of piperidine rings is 1. The highest BCUT2D eigenvalue weighted by atomic mass is 32.1. The number of rotatable bonds is 4. The molecule has 1 atom stereocenters. The van der Waals surface area contributed by atoms with Crippen LogP contribution < -0.4 is 10.6 Å². The number of likely N-dealkylation sites (tertiary alicyclic amines) is 1. The van der Waals surface area contributed by atoms with E-state index in [-0.39, 0.29) is 29.1 Å². The second-order valence-corrected chi connectivity index (χ2v) is 9.03. The summed E-state index contributed by atoms with van der Waals surface area (Å²) in [7, 11) is 0. The summed E-state index contributed by atoms with van der Waals surface area (Å²) in [6, 6.07) is 11.6. The molecular formula is C23H22F3N5O2S. The summed E-state index contributed by atoms with van der Waals surface area (Å²) < 4.78 is 39.7. The molecule has 0 unspecified atom stereocenters. The molecule has 2 aromatic carbocycles. The maximum atomic E-state index is 13.2. The molecule has 11 heteroatoms. The molecule has 178 valence electrons. The molecule has 4 rings (SSSR count). The molecule has 3 aromatic rings. The third kappa shape index (κ3) is 5.53. The van der Waals surface area contributed by atoms with Crippen LogP contribution in [0.15, 0.2) is 48.5 Å². The average Bonchev–Trinajstić information content (AvgIpc) is 3.31. The van der Waals surface area contributed by atoms with Crippen molar-refractivity contribution in [2.24, 2.45) is 0 Å². The fourth-order valence-electron chi connectivity index (χ4n) is 3.71. The van der Waals surface area contributed by atoms with E-state index in [1.54, 1.807) is 12.1 Å². The number of carbonyl (C=O) groups excluding carboxylic acids is 2. The molecule has 0 bridgehead atoms. The molecule has 1 aliphatic rings. The van der Waals surface area contributed by atoms with Gasteiger partial charge in [-0.25, -0.2) is 4.79 Å². The van der Waals surface area contributed by atoms with E-state index in [2.05, 4.69) is 20.8 Å². The van der Waals surface area contributed by atoms with Crippen molar-refractivity contribution in [3.8, 4) is 0 Å². The highest BCUT2D eigenvalue weighted by molar-refractivity contribution is 7.13. The van der Waals surface area contributed by atoms with Crippen molar-refractivity contribution >= 4 is 34.6 Å². The third-order valence-corrected chi connectivity index (χ3v) is 6.56. The zero-order chi connectivity index (χ0) is 24.3. The monoisotopic (exact) mass is 489 g/mol. The van der Waals surface area contributed by atoms with Gasteiger partial charge in [-0.15, -0.1) is 10.2 Å².